The Balaban J connectivity index is 1.65. The molecule has 4 heteroatoms. The van der Waals surface area contributed by atoms with E-state index in [1.54, 1.807) is 0 Å². The first kappa shape index (κ1) is 14.7. The van der Waals surface area contributed by atoms with Gasteiger partial charge < -0.3 is 19.7 Å². The van der Waals surface area contributed by atoms with Crippen LogP contribution in [0, 0.1) is 0 Å². The fraction of sp³-hybridized carbons (Fsp3) is 0.647. The maximum atomic E-state index is 5.46. The number of benzene rings is 1. The molecular weight excluding hydrogens is 264 g/mol. The van der Waals surface area contributed by atoms with Gasteiger partial charge in [0.2, 0.25) is 0 Å². The van der Waals surface area contributed by atoms with Crippen LogP contribution in [0.5, 0.6) is 0 Å². The molecule has 1 aliphatic carbocycles. The van der Waals surface area contributed by atoms with E-state index in [1.165, 1.54) is 24.2 Å². The Hall–Kier alpha value is -1.26. The fourth-order valence-electron chi connectivity index (χ4n) is 3.34. The number of hydrogen-bond donors (Lipinski definition) is 1. The molecule has 0 unspecified atom stereocenters. The van der Waals surface area contributed by atoms with Gasteiger partial charge in [0, 0.05) is 26.2 Å². The number of morpholine rings is 1. The second-order valence-corrected chi connectivity index (χ2v) is 5.97. The molecule has 0 bridgehead atoms. The quantitative estimate of drug-likeness (QED) is 0.924. The summed E-state index contributed by atoms with van der Waals surface area (Å²) >= 11 is 0. The van der Waals surface area contributed by atoms with E-state index in [1.807, 2.05) is 7.11 Å². The molecule has 4 nitrogen and oxygen atoms in total. The molecule has 1 aromatic rings. The Kier molecular flexibility index (Phi) is 4.99. The first-order chi connectivity index (χ1) is 10.4. The second-order valence-electron chi connectivity index (χ2n) is 5.97. The summed E-state index contributed by atoms with van der Waals surface area (Å²) in [6.45, 7) is 3.62. The number of rotatable bonds is 4. The summed E-state index contributed by atoms with van der Waals surface area (Å²) in [5.74, 6) is 0. The summed E-state index contributed by atoms with van der Waals surface area (Å²) in [5, 5.41) is 3.75. The second kappa shape index (κ2) is 7.14. The predicted molar refractivity (Wildman–Crippen MR) is 86.1 cm³/mol. The standard InChI is InChI=1S/C17H26N2O2/c1-20-15-8-6-14(7-9-15)18-16-4-2-3-5-17(16)19-10-12-21-13-11-19/h2-5,14-15,18H,6-13H2,1H3. The van der Waals surface area contributed by atoms with Gasteiger partial charge in [-0.2, -0.15) is 0 Å². The van der Waals surface area contributed by atoms with Gasteiger partial charge in [0.25, 0.3) is 0 Å². The molecule has 0 spiro atoms. The van der Waals surface area contributed by atoms with Crippen LogP contribution in [-0.2, 0) is 9.47 Å². The van der Waals surface area contributed by atoms with Crippen LogP contribution >= 0.6 is 0 Å². The van der Waals surface area contributed by atoms with E-state index in [-0.39, 0.29) is 0 Å². The van der Waals surface area contributed by atoms with Crippen molar-refractivity contribution < 1.29 is 9.47 Å². The molecule has 2 fully saturated rings. The van der Waals surface area contributed by atoms with Gasteiger partial charge in [0.05, 0.1) is 30.7 Å². The van der Waals surface area contributed by atoms with Gasteiger partial charge in [-0.05, 0) is 37.8 Å². The Morgan fingerprint density at radius 3 is 2.52 bits per heavy atom. The number of methoxy groups -OCH3 is 1. The van der Waals surface area contributed by atoms with Crippen molar-refractivity contribution in [3.63, 3.8) is 0 Å². The van der Waals surface area contributed by atoms with Crippen LogP contribution in [0.4, 0.5) is 11.4 Å². The zero-order chi connectivity index (χ0) is 14.5. The Labute approximate surface area is 127 Å². The van der Waals surface area contributed by atoms with Crippen molar-refractivity contribution in [2.45, 2.75) is 37.8 Å². The van der Waals surface area contributed by atoms with E-state index in [9.17, 15) is 0 Å². The minimum Gasteiger partial charge on any atom is -0.381 e. The highest BCUT2D eigenvalue weighted by Crippen LogP contribution is 2.30. The predicted octanol–water partition coefficient (Wildman–Crippen LogP) is 2.89. The first-order valence-electron chi connectivity index (χ1n) is 8.08. The van der Waals surface area contributed by atoms with E-state index < -0.39 is 0 Å². The molecular formula is C17H26N2O2. The Morgan fingerprint density at radius 1 is 1.10 bits per heavy atom. The number of nitrogens with zero attached hydrogens (tertiary/aromatic N) is 1. The molecule has 0 radical (unpaired) electrons. The van der Waals surface area contributed by atoms with Crippen molar-refractivity contribution in [3.8, 4) is 0 Å². The molecule has 0 atom stereocenters. The third kappa shape index (κ3) is 3.69. The first-order valence-corrected chi connectivity index (χ1v) is 8.08. The highest BCUT2D eigenvalue weighted by atomic mass is 16.5. The van der Waals surface area contributed by atoms with Crippen molar-refractivity contribution in [2.75, 3.05) is 43.6 Å². The maximum absolute atomic E-state index is 5.46. The van der Waals surface area contributed by atoms with E-state index in [2.05, 4.69) is 34.5 Å². The normalized spacial score (nSPS) is 26.6. The molecule has 1 aliphatic heterocycles. The molecule has 1 N–H and O–H groups in total. The van der Waals surface area contributed by atoms with Crippen molar-refractivity contribution in [3.05, 3.63) is 24.3 Å². The van der Waals surface area contributed by atoms with Crippen LogP contribution < -0.4 is 10.2 Å². The molecule has 1 saturated heterocycles. The minimum atomic E-state index is 0.456. The lowest BCUT2D eigenvalue weighted by molar-refractivity contribution is 0.0682. The van der Waals surface area contributed by atoms with Gasteiger partial charge in [-0.1, -0.05) is 12.1 Å². The van der Waals surface area contributed by atoms with Gasteiger partial charge in [-0.3, -0.25) is 0 Å². The topological polar surface area (TPSA) is 33.7 Å². The third-order valence-electron chi connectivity index (χ3n) is 4.62. The van der Waals surface area contributed by atoms with Crippen molar-refractivity contribution >= 4 is 11.4 Å². The van der Waals surface area contributed by atoms with Gasteiger partial charge in [-0.15, -0.1) is 0 Å². The molecule has 1 aromatic carbocycles. The van der Waals surface area contributed by atoms with Crippen LogP contribution in [0.25, 0.3) is 0 Å². The summed E-state index contributed by atoms with van der Waals surface area (Å²) in [5.41, 5.74) is 2.58. The Morgan fingerprint density at radius 2 is 1.81 bits per heavy atom. The molecule has 2 aliphatic rings. The zero-order valence-corrected chi connectivity index (χ0v) is 12.9. The van der Waals surface area contributed by atoms with E-state index in [4.69, 9.17) is 9.47 Å². The smallest absolute Gasteiger partial charge is 0.0642 e. The average Bonchev–Trinajstić information content (AvgIpc) is 2.57. The van der Waals surface area contributed by atoms with E-state index in [0.717, 1.165) is 39.1 Å². The zero-order valence-electron chi connectivity index (χ0n) is 12.9. The summed E-state index contributed by atoms with van der Waals surface area (Å²) < 4.78 is 10.9. The maximum Gasteiger partial charge on any atom is 0.0642 e. The average molecular weight is 290 g/mol. The molecule has 116 valence electrons. The van der Waals surface area contributed by atoms with Crippen LogP contribution in [0.15, 0.2) is 24.3 Å². The van der Waals surface area contributed by atoms with Crippen LogP contribution in [-0.4, -0.2) is 45.6 Å². The van der Waals surface area contributed by atoms with Crippen molar-refractivity contribution in [1.82, 2.24) is 0 Å². The van der Waals surface area contributed by atoms with Gasteiger partial charge in [-0.25, -0.2) is 0 Å². The van der Waals surface area contributed by atoms with Gasteiger partial charge in [0.15, 0.2) is 0 Å². The van der Waals surface area contributed by atoms with Crippen molar-refractivity contribution in [2.24, 2.45) is 0 Å². The highest BCUT2D eigenvalue weighted by molar-refractivity contribution is 5.70. The van der Waals surface area contributed by atoms with E-state index in [0.29, 0.717) is 12.1 Å². The summed E-state index contributed by atoms with van der Waals surface area (Å²) in [4.78, 5) is 2.42. The van der Waals surface area contributed by atoms with Crippen LogP contribution in [0.3, 0.4) is 0 Å². The fourth-order valence-corrected chi connectivity index (χ4v) is 3.34. The number of anilines is 2. The summed E-state index contributed by atoms with van der Waals surface area (Å²) in [6.07, 6.45) is 5.16. The third-order valence-corrected chi connectivity index (χ3v) is 4.62. The summed E-state index contributed by atoms with van der Waals surface area (Å²) in [6, 6.07) is 9.23. The summed E-state index contributed by atoms with van der Waals surface area (Å²) in [7, 11) is 1.83. The van der Waals surface area contributed by atoms with Gasteiger partial charge in [0.1, 0.15) is 0 Å². The van der Waals surface area contributed by atoms with Crippen LogP contribution in [0.1, 0.15) is 25.7 Å². The lowest BCUT2D eigenvalue weighted by Gasteiger charge is -2.33. The molecule has 1 heterocycles. The molecule has 0 aromatic heterocycles. The largest absolute Gasteiger partial charge is 0.381 e. The lowest BCUT2D eigenvalue weighted by Crippen LogP contribution is -2.37. The monoisotopic (exact) mass is 290 g/mol. The molecule has 1 saturated carbocycles. The van der Waals surface area contributed by atoms with Crippen molar-refractivity contribution in [1.29, 1.82) is 0 Å². The number of hydrogen-bond acceptors (Lipinski definition) is 4. The lowest BCUT2D eigenvalue weighted by atomic mass is 9.92. The molecule has 3 rings (SSSR count). The van der Waals surface area contributed by atoms with Gasteiger partial charge >= 0.3 is 0 Å². The number of nitrogens with one attached hydrogen (secondary N) is 1. The molecule has 0 amide bonds. The number of ether oxygens (including phenoxy) is 2. The Bertz CT molecular complexity index is 438. The van der Waals surface area contributed by atoms with Crippen LogP contribution in [0.2, 0.25) is 0 Å². The number of para-hydroxylation sites is 2. The van der Waals surface area contributed by atoms with E-state index >= 15 is 0 Å². The molecule has 21 heavy (non-hydrogen) atoms. The SMILES string of the molecule is COC1CCC(Nc2ccccc2N2CCOCC2)CC1. The minimum absolute atomic E-state index is 0.456. The highest BCUT2D eigenvalue weighted by Gasteiger charge is 2.22.